The number of rotatable bonds is 9. The van der Waals surface area contributed by atoms with Gasteiger partial charge in [-0.25, -0.2) is 0 Å². The summed E-state index contributed by atoms with van der Waals surface area (Å²) in [5.74, 6) is 0. The highest BCUT2D eigenvalue weighted by molar-refractivity contribution is 5.22. The molecule has 4 heteroatoms. The van der Waals surface area contributed by atoms with Gasteiger partial charge >= 0.3 is 0 Å². The predicted octanol–water partition coefficient (Wildman–Crippen LogP) is 1.81. The lowest BCUT2D eigenvalue weighted by Crippen LogP contribution is -2.17. The van der Waals surface area contributed by atoms with Crippen LogP contribution in [0.1, 0.15) is 23.1 Å². The molecule has 0 atom stereocenters. The molecule has 4 N–H and O–H groups in total. The van der Waals surface area contributed by atoms with Crippen molar-refractivity contribution in [3.63, 3.8) is 0 Å². The van der Waals surface area contributed by atoms with Crippen molar-refractivity contribution in [2.24, 2.45) is 5.73 Å². The van der Waals surface area contributed by atoms with Crippen LogP contribution >= 0.6 is 0 Å². The third-order valence-corrected chi connectivity index (χ3v) is 3.29. The smallest absolute Gasteiger partial charge is 0.0312 e. The highest BCUT2D eigenvalue weighted by atomic mass is 14.9. The standard InChI is InChI=1S/C17H24N4/c18-8-2-10-20-11-15-4-6-16(7-5-15)12-21-14-17-3-1-9-19-13-17/h1,3-7,9,13,20-21H,2,8,10-12,14,18H2. The Kier molecular flexibility index (Phi) is 6.88. The van der Waals surface area contributed by atoms with Crippen molar-refractivity contribution in [2.45, 2.75) is 26.1 Å². The molecule has 0 aliphatic heterocycles. The molecule has 0 saturated heterocycles. The maximum atomic E-state index is 5.47. The molecule has 0 spiro atoms. The number of hydrogen-bond acceptors (Lipinski definition) is 4. The molecule has 0 radical (unpaired) electrons. The van der Waals surface area contributed by atoms with E-state index in [0.29, 0.717) is 0 Å². The Balaban J connectivity index is 1.69. The van der Waals surface area contributed by atoms with Gasteiger partial charge in [0.2, 0.25) is 0 Å². The third kappa shape index (κ3) is 6.04. The third-order valence-electron chi connectivity index (χ3n) is 3.29. The molecule has 0 fully saturated rings. The normalized spacial score (nSPS) is 10.7. The average molecular weight is 284 g/mol. The van der Waals surface area contributed by atoms with E-state index in [9.17, 15) is 0 Å². The lowest BCUT2D eigenvalue weighted by atomic mass is 10.1. The Morgan fingerprint density at radius 1 is 0.857 bits per heavy atom. The van der Waals surface area contributed by atoms with Gasteiger partial charge in [-0.05, 0) is 42.3 Å². The number of nitrogens with two attached hydrogens (primary N) is 1. The number of aromatic nitrogens is 1. The molecular formula is C17H24N4. The van der Waals surface area contributed by atoms with Gasteiger partial charge in [0.25, 0.3) is 0 Å². The zero-order chi connectivity index (χ0) is 14.8. The molecule has 2 rings (SSSR count). The van der Waals surface area contributed by atoms with Crippen LogP contribution in [0.25, 0.3) is 0 Å². The fourth-order valence-corrected chi connectivity index (χ4v) is 2.09. The molecule has 1 aromatic heterocycles. The quantitative estimate of drug-likeness (QED) is 0.615. The van der Waals surface area contributed by atoms with Crippen LogP contribution in [-0.2, 0) is 19.6 Å². The molecular weight excluding hydrogens is 260 g/mol. The monoisotopic (exact) mass is 284 g/mol. The SMILES string of the molecule is NCCCNCc1ccc(CNCc2cccnc2)cc1. The second-order valence-electron chi connectivity index (χ2n) is 5.10. The van der Waals surface area contributed by atoms with Crippen molar-refractivity contribution in [2.75, 3.05) is 13.1 Å². The van der Waals surface area contributed by atoms with Gasteiger partial charge in [-0.2, -0.15) is 0 Å². The Morgan fingerprint density at radius 2 is 1.52 bits per heavy atom. The summed E-state index contributed by atoms with van der Waals surface area (Å²) in [5.41, 5.74) is 9.28. The van der Waals surface area contributed by atoms with E-state index in [-0.39, 0.29) is 0 Å². The van der Waals surface area contributed by atoms with E-state index < -0.39 is 0 Å². The highest BCUT2D eigenvalue weighted by Crippen LogP contribution is 2.05. The Morgan fingerprint density at radius 3 is 2.14 bits per heavy atom. The Labute approximate surface area is 126 Å². The lowest BCUT2D eigenvalue weighted by Gasteiger charge is -2.07. The summed E-state index contributed by atoms with van der Waals surface area (Å²) < 4.78 is 0. The molecule has 4 nitrogen and oxygen atoms in total. The van der Waals surface area contributed by atoms with Crippen molar-refractivity contribution in [1.82, 2.24) is 15.6 Å². The van der Waals surface area contributed by atoms with E-state index >= 15 is 0 Å². The van der Waals surface area contributed by atoms with Crippen LogP contribution < -0.4 is 16.4 Å². The molecule has 0 unspecified atom stereocenters. The van der Waals surface area contributed by atoms with Crippen LogP contribution in [0, 0.1) is 0 Å². The minimum atomic E-state index is 0.745. The first kappa shape index (κ1) is 15.6. The van der Waals surface area contributed by atoms with Gasteiger partial charge in [0.1, 0.15) is 0 Å². The van der Waals surface area contributed by atoms with Crippen LogP contribution in [0.4, 0.5) is 0 Å². The van der Waals surface area contributed by atoms with Gasteiger partial charge in [0.15, 0.2) is 0 Å². The number of nitrogens with zero attached hydrogens (tertiary/aromatic N) is 1. The largest absolute Gasteiger partial charge is 0.330 e. The number of hydrogen-bond donors (Lipinski definition) is 3. The Hall–Kier alpha value is -1.75. The first-order valence-corrected chi connectivity index (χ1v) is 7.46. The van der Waals surface area contributed by atoms with E-state index in [1.165, 1.54) is 16.7 Å². The highest BCUT2D eigenvalue weighted by Gasteiger charge is 1.96. The molecule has 1 heterocycles. The van der Waals surface area contributed by atoms with E-state index in [4.69, 9.17) is 5.73 Å². The molecule has 21 heavy (non-hydrogen) atoms. The van der Waals surface area contributed by atoms with E-state index in [1.807, 2.05) is 12.3 Å². The molecule has 0 bridgehead atoms. The Bertz CT molecular complexity index is 496. The van der Waals surface area contributed by atoms with E-state index in [0.717, 1.165) is 39.1 Å². The van der Waals surface area contributed by atoms with Gasteiger partial charge in [0.05, 0.1) is 0 Å². The first-order chi connectivity index (χ1) is 10.4. The van der Waals surface area contributed by atoms with Crippen LogP contribution in [0.3, 0.4) is 0 Å². The van der Waals surface area contributed by atoms with Crippen LogP contribution in [0.2, 0.25) is 0 Å². The molecule has 2 aromatic rings. The van der Waals surface area contributed by atoms with Crippen molar-refractivity contribution in [3.05, 3.63) is 65.5 Å². The molecule has 0 amide bonds. The van der Waals surface area contributed by atoms with Gasteiger partial charge < -0.3 is 16.4 Å². The predicted molar refractivity (Wildman–Crippen MR) is 86.6 cm³/mol. The second-order valence-corrected chi connectivity index (χ2v) is 5.10. The average Bonchev–Trinajstić information content (AvgIpc) is 2.54. The van der Waals surface area contributed by atoms with Gasteiger partial charge in [-0.1, -0.05) is 30.3 Å². The second kappa shape index (κ2) is 9.23. The topological polar surface area (TPSA) is 63.0 Å². The fraction of sp³-hybridized carbons (Fsp3) is 0.353. The summed E-state index contributed by atoms with van der Waals surface area (Å²) in [6, 6.07) is 12.7. The van der Waals surface area contributed by atoms with Crippen LogP contribution in [0.15, 0.2) is 48.8 Å². The zero-order valence-corrected chi connectivity index (χ0v) is 12.4. The van der Waals surface area contributed by atoms with Gasteiger partial charge in [-0.15, -0.1) is 0 Å². The van der Waals surface area contributed by atoms with Crippen molar-refractivity contribution >= 4 is 0 Å². The lowest BCUT2D eigenvalue weighted by molar-refractivity contribution is 0.654. The van der Waals surface area contributed by atoms with Crippen molar-refractivity contribution < 1.29 is 0 Å². The van der Waals surface area contributed by atoms with Gasteiger partial charge in [-0.3, -0.25) is 4.98 Å². The maximum Gasteiger partial charge on any atom is 0.0312 e. The summed E-state index contributed by atoms with van der Waals surface area (Å²) in [7, 11) is 0. The first-order valence-electron chi connectivity index (χ1n) is 7.46. The summed E-state index contributed by atoms with van der Waals surface area (Å²) in [6.07, 6.45) is 4.71. The number of nitrogens with one attached hydrogen (secondary N) is 2. The number of pyridine rings is 1. The summed E-state index contributed by atoms with van der Waals surface area (Å²) in [5, 5.41) is 6.81. The van der Waals surface area contributed by atoms with Gasteiger partial charge in [0, 0.05) is 32.0 Å². The maximum absolute atomic E-state index is 5.47. The summed E-state index contributed by atoms with van der Waals surface area (Å²) in [4.78, 5) is 4.11. The minimum Gasteiger partial charge on any atom is -0.330 e. The zero-order valence-electron chi connectivity index (χ0n) is 12.4. The van der Waals surface area contributed by atoms with E-state index in [2.05, 4.69) is 45.9 Å². The van der Waals surface area contributed by atoms with E-state index in [1.54, 1.807) is 6.20 Å². The fourth-order valence-electron chi connectivity index (χ4n) is 2.09. The molecule has 1 aromatic carbocycles. The van der Waals surface area contributed by atoms with Crippen LogP contribution in [0.5, 0.6) is 0 Å². The molecule has 0 aliphatic carbocycles. The molecule has 112 valence electrons. The van der Waals surface area contributed by atoms with Crippen molar-refractivity contribution in [1.29, 1.82) is 0 Å². The molecule has 0 saturated carbocycles. The summed E-state index contributed by atoms with van der Waals surface area (Å²) >= 11 is 0. The summed E-state index contributed by atoms with van der Waals surface area (Å²) in [6.45, 7) is 4.34. The molecule has 0 aliphatic rings. The van der Waals surface area contributed by atoms with Crippen LogP contribution in [-0.4, -0.2) is 18.1 Å². The van der Waals surface area contributed by atoms with Crippen molar-refractivity contribution in [3.8, 4) is 0 Å². The minimum absolute atomic E-state index is 0.745. The number of benzene rings is 1.